The van der Waals surface area contributed by atoms with Crippen LogP contribution in [0.2, 0.25) is 0 Å². The molecule has 3 heteroatoms. The maximum absolute atomic E-state index is 6.45. The number of hydrogen-bond donors (Lipinski definition) is 0. The first kappa shape index (κ1) is 18.6. The van der Waals surface area contributed by atoms with Crippen molar-refractivity contribution in [1.82, 2.24) is 9.13 Å². The van der Waals surface area contributed by atoms with E-state index in [1.54, 1.807) is 0 Å². The van der Waals surface area contributed by atoms with Gasteiger partial charge in [-0.05, 0) is 42.5 Å². The molecule has 0 aliphatic carbocycles. The van der Waals surface area contributed by atoms with E-state index in [2.05, 4.69) is 118 Å². The molecule has 0 unspecified atom stereocenters. The number of nitrogens with zero attached hydrogens (tertiary/aromatic N) is 2. The first-order chi connectivity index (χ1) is 17.4. The Morgan fingerprint density at radius 3 is 1.63 bits per heavy atom. The molecule has 0 spiro atoms. The first-order valence-electron chi connectivity index (χ1n) is 11.9. The fraction of sp³-hybridized carbons (Fsp3) is 0. The average Bonchev–Trinajstić information content (AvgIpc) is 3.55. The van der Waals surface area contributed by atoms with Crippen molar-refractivity contribution in [2.45, 2.75) is 0 Å². The number of aromatic nitrogens is 2. The Morgan fingerprint density at radius 1 is 0.429 bits per heavy atom. The van der Waals surface area contributed by atoms with Crippen LogP contribution < -0.4 is 0 Å². The van der Waals surface area contributed by atoms with Gasteiger partial charge in [0.05, 0.1) is 27.6 Å². The van der Waals surface area contributed by atoms with E-state index in [1.807, 2.05) is 12.1 Å². The zero-order chi connectivity index (χ0) is 22.9. The molecule has 0 N–H and O–H groups in total. The van der Waals surface area contributed by atoms with Gasteiger partial charge in [0.25, 0.3) is 0 Å². The molecule has 8 rings (SSSR count). The maximum atomic E-state index is 6.45. The van der Waals surface area contributed by atoms with E-state index in [-0.39, 0.29) is 0 Å². The lowest BCUT2D eigenvalue weighted by molar-refractivity contribution is 0.645. The minimum Gasteiger partial charge on any atom is -0.439 e. The van der Waals surface area contributed by atoms with Crippen LogP contribution in [0.1, 0.15) is 0 Å². The number of para-hydroxylation sites is 4. The summed E-state index contributed by atoms with van der Waals surface area (Å²) in [6.45, 7) is 0. The fourth-order valence-corrected chi connectivity index (χ4v) is 5.67. The predicted molar refractivity (Wildman–Crippen MR) is 145 cm³/mol. The predicted octanol–water partition coefficient (Wildman–Crippen LogP) is 8.63. The Balaban J connectivity index is 1.46. The van der Waals surface area contributed by atoms with E-state index in [0.717, 1.165) is 33.6 Å². The molecule has 0 radical (unpaired) electrons. The van der Waals surface area contributed by atoms with Crippen molar-refractivity contribution < 1.29 is 4.42 Å². The van der Waals surface area contributed by atoms with Gasteiger partial charge in [-0.3, -0.25) is 4.57 Å². The minimum atomic E-state index is 0.881. The molecule has 0 amide bonds. The van der Waals surface area contributed by atoms with Crippen molar-refractivity contribution in [3.63, 3.8) is 0 Å². The van der Waals surface area contributed by atoms with Crippen molar-refractivity contribution in [3.05, 3.63) is 121 Å². The van der Waals surface area contributed by atoms with Gasteiger partial charge in [0, 0.05) is 27.2 Å². The molecule has 0 aliphatic heterocycles. The second-order valence-corrected chi connectivity index (χ2v) is 9.02. The highest BCUT2D eigenvalue weighted by Gasteiger charge is 2.19. The van der Waals surface area contributed by atoms with Crippen molar-refractivity contribution in [2.24, 2.45) is 0 Å². The van der Waals surface area contributed by atoms with E-state index < -0.39 is 0 Å². The van der Waals surface area contributed by atoms with Crippen molar-refractivity contribution in [2.75, 3.05) is 0 Å². The van der Waals surface area contributed by atoms with Crippen LogP contribution in [0, 0.1) is 0 Å². The molecule has 0 fully saturated rings. The second kappa shape index (κ2) is 6.87. The van der Waals surface area contributed by atoms with Crippen molar-refractivity contribution >= 4 is 54.8 Å². The Bertz CT molecular complexity index is 2020. The van der Waals surface area contributed by atoms with E-state index in [0.29, 0.717) is 0 Å². The molecule has 0 atom stereocenters. The SMILES string of the molecule is c1cc(-n2c3ccccc3c3ccccc32)cc(-n2c3ccccc3c3c4ccccc4oc32)c1. The lowest BCUT2D eigenvalue weighted by Gasteiger charge is -2.12. The quantitative estimate of drug-likeness (QED) is 0.259. The molecule has 3 heterocycles. The lowest BCUT2D eigenvalue weighted by atomic mass is 10.1. The van der Waals surface area contributed by atoms with E-state index >= 15 is 0 Å². The molecular formula is C32H20N2O. The molecule has 8 aromatic rings. The summed E-state index contributed by atoms with van der Waals surface area (Å²) in [5.41, 5.74) is 7.56. The van der Waals surface area contributed by atoms with Gasteiger partial charge in [-0.25, -0.2) is 0 Å². The monoisotopic (exact) mass is 448 g/mol. The van der Waals surface area contributed by atoms with Gasteiger partial charge in [0.2, 0.25) is 5.71 Å². The van der Waals surface area contributed by atoms with Crippen LogP contribution in [-0.4, -0.2) is 9.13 Å². The zero-order valence-electron chi connectivity index (χ0n) is 18.8. The van der Waals surface area contributed by atoms with Crippen LogP contribution >= 0.6 is 0 Å². The largest absolute Gasteiger partial charge is 0.439 e. The Labute approximate surface area is 201 Å². The number of benzene rings is 5. The third-order valence-electron chi connectivity index (χ3n) is 7.12. The number of fused-ring (bicyclic) bond motifs is 8. The molecule has 3 aromatic heterocycles. The molecule has 0 bridgehead atoms. The zero-order valence-corrected chi connectivity index (χ0v) is 18.8. The minimum absolute atomic E-state index is 0.881. The first-order valence-corrected chi connectivity index (χ1v) is 11.9. The summed E-state index contributed by atoms with van der Waals surface area (Å²) in [4.78, 5) is 0. The fourth-order valence-electron chi connectivity index (χ4n) is 5.67. The molecule has 5 aromatic carbocycles. The van der Waals surface area contributed by atoms with Gasteiger partial charge in [0.1, 0.15) is 5.58 Å². The molecular weight excluding hydrogens is 428 g/mol. The van der Waals surface area contributed by atoms with Gasteiger partial charge in [-0.2, -0.15) is 0 Å². The summed E-state index contributed by atoms with van der Waals surface area (Å²) in [6, 6.07) is 42.8. The molecule has 0 aliphatic rings. The number of hydrogen-bond acceptors (Lipinski definition) is 1. The van der Waals surface area contributed by atoms with Crippen LogP contribution in [0.5, 0.6) is 0 Å². The highest BCUT2D eigenvalue weighted by molar-refractivity contribution is 6.20. The Kier molecular flexibility index (Phi) is 3.66. The maximum Gasteiger partial charge on any atom is 0.213 e. The summed E-state index contributed by atoms with van der Waals surface area (Å²) >= 11 is 0. The van der Waals surface area contributed by atoms with E-state index in [9.17, 15) is 0 Å². The van der Waals surface area contributed by atoms with Crippen LogP contribution in [0.4, 0.5) is 0 Å². The summed E-state index contributed by atoms with van der Waals surface area (Å²) in [5.74, 6) is 0. The van der Waals surface area contributed by atoms with Gasteiger partial charge in [-0.15, -0.1) is 0 Å². The molecule has 3 nitrogen and oxygen atoms in total. The molecule has 0 saturated heterocycles. The van der Waals surface area contributed by atoms with Crippen LogP contribution in [0.15, 0.2) is 126 Å². The summed E-state index contributed by atoms with van der Waals surface area (Å²) in [7, 11) is 0. The second-order valence-electron chi connectivity index (χ2n) is 9.02. The topological polar surface area (TPSA) is 23.0 Å². The summed E-state index contributed by atoms with van der Waals surface area (Å²) in [5, 5.41) is 6.04. The van der Waals surface area contributed by atoms with Gasteiger partial charge in [-0.1, -0.05) is 78.9 Å². The summed E-state index contributed by atoms with van der Waals surface area (Å²) in [6.07, 6.45) is 0. The molecule has 164 valence electrons. The van der Waals surface area contributed by atoms with Crippen molar-refractivity contribution in [1.29, 1.82) is 0 Å². The third kappa shape index (κ3) is 2.50. The standard InChI is InChI=1S/C32H20N2O/c1-5-16-27-23(12-1)24-13-2-6-17-28(24)33(27)21-10-9-11-22(20-21)34-29-18-7-3-14-25(29)31-26-15-4-8-19-30(26)35-32(31)34/h1-20H. The van der Waals surface area contributed by atoms with Crippen LogP contribution in [0.25, 0.3) is 66.2 Å². The Hall–Kier alpha value is -4.76. The van der Waals surface area contributed by atoms with Crippen LogP contribution in [0.3, 0.4) is 0 Å². The highest BCUT2D eigenvalue weighted by atomic mass is 16.3. The Morgan fingerprint density at radius 2 is 0.943 bits per heavy atom. The normalized spacial score (nSPS) is 12.0. The average molecular weight is 449 g/mol. The molecule has 35 heavy (non-hydrogen) atoms. The smallest absolute Gasteiger partial charge is 0.213 e. The third-order valence-corrected chi connectivity index (χ3v) is 7.12. The number of furan rings is 1. The molecule has 0 saturated carbocycles. The van der Waals surface area contributed by atoms with E-state index in [1.165, 1.54) is 32.6 Å². The van der Waals surface area contributed by atoms with Gasteiger partial charge < -0.3 is 8.98 Å². The van der Waals surface area contributed by atoms with Crippen molar-refractivity contribution in [3.8, 4) is 11.4 Å². The highest BCUT2D eigenvalue weighted by Crippen LogP contribution is 2.39. The van der Waals surface area contributed by atoms with Gasteiger partial charge in [0.15, 0.2) is 0 Å². The number of rotatable bonds is 2. The van der Waals surface area contributed by atoms with Gasteiger partial charge >= 0.3 is 0 Å². The summed E-state index contributed by atoms with van der Waals surface area (Å²) < 4.78 is 11.1. The van der Waals surface area contributed by atoms with E-state index in [4.69, 9.17) is 4.42 Å². The lowest BCUT2D eigenvalue weighted by Crippen LogP contribution is -1.98. The van der Waals surface area contributed by atoms with Crippen LogP contribution in [-0.2, 0) is 0 Å².